The van der Waals surface area contributed by atoms with Crippen LogP contribution in [0, 0.1) is 0 Å². The lowest BCUT2D eigenvalue weighted by Crippen LogP contribution is -2.43. The van der Waals surface area contributed by atoms with Crippen LogP contribution in [0.5, 0.6) is 0 Å². The van der Waals surface area contributed by atoms with Crippen molar-refractivity contribution < 1.29 is 19.8 Å². The fraction of sp³-hybridized carbons (Fsp3) is 0.833. The second-order valence-corrected chi connectivity index (χ2v) is 4.50. The predicted molar refractivity (Wildman–Crippen MR) is 62.5 cm³/mol. The molecular formula is C12H21NO4. The smallest absolute Gasteiger partial charge is 0.303 e. The molecule has 2 N–H and O–H groups in total. The fourth-order valence-electron chi connectivity index (χ4n) is 2.37. The van der Waals surface area contributed by atoms with E-state index in [2.05, 4.69) is 0 Å². The van der Waals surface area contributed by atoms with E-state index in [0.29, 0.717) is 6.54 Å². The van der Waals surface area contributed by atoms with Crippen LogP contribution in [0.2, 0.25) is 0 Å². The minimum atomic E-state index is -0.953. The van der Waals surface area contributed by atoms with Crippen molar-refractivity contribution in [3.05, 3.63) is 0 Å². The summed E-state index contributed by atoms with van der Waals surface area (Å²) in [5.41, 5.74) is 0. The number of aliphatic hydroxyl groups is 1. The predicted octanol–water partition coefficient (Wildman–Crippen LogP) is 1.00. The van der Waals surface area contributed by atoms with Gasteiger partial charge in [-0.2, -0.15) is 0 Å². The number of carbonyl (C=O) groups excluding carboxylic acids is 1. The molecule has 5 nitrogen and oxygen atoms in total. The summed E-state index contributed by atoms with van der Waals surface area (Å²) >= 11 is 0. The van der Waals surface area contributed by atoms with Gasteiger partial charge < -0.3 is 15.1 Å². The van der Waals surface area contributed by atoms with Gasteiger partial charge in [0.25, 0.3) is 0 Å². The van der Waals surface area contributed by atoms with E-state index in [1.807, 2.05) is 0 Å². The molecule has 17 heavy (non-hydrogen) atoms. The molecule has 0 radical (unpaired) electrons. The van der Waals surface area contributed by atoms with E-state index >= 15 is 0 Å². The zero-order valence-corrected chi connectivity index (χ0v) is 10.1. The molecule has 98 valence electrons. The fourth-order valence-corrected chi connectivity index (χ4v) is 2.37. The summed E-state index contributed by atoms with van der Waals surface area (Å²) in [7, 11) is 0. The van der Waals surface area contributed by atoms with Crippen molar-refractivity contribution in [2.45, 2.75) is 51.0 Å². The number of hydrogen-bond acceptors (Lipinski definition) is 3. The first-order valence-corrected chi connectivity index (χ1v) is 6.27. The van der Waals surface area contributed by atoms with E-state index in [1.54, 1.807) is 4.90 Å². The van der Waals surface area contributed by atoms with Crippen LogP contribution in [0.4, 0.5) is 0 Å². The molecule has 0 aliphatic heterocycles. The van der Waals surface area contributed by atoms with Crippen molar-refractivity contribution in [2.75, 3.05) is 13.2 Å². The minimum absolute atomic E-state index is 0.0336. The lowest BCUT2D eigenvalue weighted by Gasteiger charge is -2.34. The molecule has 1 fully saturated rings. The first kappa shape index (κ1) is 14.0. The molecule has 1 amide bonds. The van der Waals surface area contributed by atoms with Gasteiger partial charge >= 0.3 is 5.97 Å². The molecule has 0 aromatic carbocycles. The largest absolute Gasteiger partial charge is 0.481 e. The Balaban J connectivity index is 2.50. The Bertz CT molecular complexity index is 261. The van der Waals surface area contributed by atoms with E-state index in [9.17, 15) is 9.59 Å². The number of carbonyl (C=O) groups is 2. The molecule has 1 aliphatic carbocycles. The maximum atomic E-state index is 11.9. The Labute approximate surface area is 101 Å². The number of carboxylic acids is 1. The molecule has 0 aromatic rings. The Morgan fingerprint density at radius 2 is 1.76 bits per heavy atom. The molecule has 1 aliphatic rings. The third kappa shape index (κ3) is 4.73. The third-order valence-corrected chi connectivity index (χ3v) is 3.23. The molecule has 0 spiro atoms. The third-order valence-electron chi connectivity index (χ3n) is 3.23. The van der Waals surface area contributed by atoms with Crippen LogP contribution in [-0.2, 0) is 9.59 Å². The molecule has 1 rings (SSSR count). The van der Waals surface area contributed by atoms with Crippen molar-refractivity contribution in [3.63, 3.8) is 0 Å². The van der Waals surface area contributed by atoms with Crippen LogP contribution < -0.4 is 0 Å². The molecule has 5 heteroatoms. The number of aliphatic carboxylic acids is 1. The quantitative estimate of drug-likeness (QED) is 0.729. The molecule has 0 aromatic heterocycles. The van der Waals surface area contributed by atoms with Crippen molar-refractivity contribution in [2.24, 2.45) is 0 Å². The second kappa shape index (κ2) is 7.27. The van der Waals surface area contributed by atoms with E-state index in [-0.39, 0.29) is 31.4 Å². The summed E-state index contributed by atoms with van der Waals surface area (Å²) in [5.74, 6) is -1.10. The van der Waals surface area contributed by atoms with E-state index in [0.717, 1.165) is 25.7 Å². The van der Waals surface area contributed by atoms with Crippen LogP contribution in [0.25, 0.3) is 0 Å². The van der Waals surface area contributed by atoms with Gasteiger partial charge in [0, 0.05) is 19.0 Å². The molecule has 0 bridgehead atoms. The summed E-state index contributed by atoms with van der Waals surface area (Å²) in [6.45, 7) is 0.262. The molecule has 0 heterocycles. The zero-order valence-electron chi connectivity index (χ0n) is 10.1. The number of amides is 1. The average Bonchev–Trinajstić information content (AvgIpc) is 2.34. The highest BCUT2D eigenvalue weighted by Crippen LogP contribution is 2.23. The van der Waals surface area contributed by atoms with Gasteiger partial charge in [-0.15, -0.1) is 0 Å². The van der Waals surface area contributed by atoms with Gasteiger partial charge in [-0.3, -0.25) is 9.59 Å². The summed E-state index contributed by atoms with van der Waals surface area (Å²) in [6.07, 6.45) is 5.27. The summed E-state index contributed by atoms with van der Waals surface area (Å²) < 4.78 is 0. The summed E-state index contributed by atoms with van der Waals surface area (Å²) in [6, 6.07) is 0.192. The van der Waals surface area contributed by atoms with E-state index in [1.165, 1.54) is 6.42 Å². The highest BCUT2D eigenvalue weighted by molar-refractivity contribution is 5.81. The Kier molecular flexibility index (Phi) is 5.97. The first-order chi connectivity index (χ1) is 8.15. The van der Waals surface area contributed by atoms with Crippen molar-refractivity contribution in [1.82, 2.24) is 4.90 Å². The minimum Gasteiger partial charge on any atom is -0.481 e. The van der Waals surface area contributed by atoms with Gasteiger partial charge in [0.15, 0.2) is 0 Å². The van der Waals surface area contributed by atoms with Gasteiger partial charge in [0.1, 0.15) is 0 Å². The maximum absolute atomic E-state index is 11.9. The van der Waals surface area contributed by atoms with Crippen LogP contribution >= 0.6 is 0 Å². The maximum Gasteiger partial charge on any atom is 0.303 e. The summed E-state index contributed by atoms with van der Waals surface area (Å²) in [5, 5.41) is 17.5. The summed E-state index contributed by atoms with van der Waals surface area (Å²) in [4.78, 5) is 24.0. The van der Waals surface area contributed by atoms with E-state index < -0.39 is 5.97 Å². The van der Waals surface area contributed by atoms with Crippen LogP contribution in [0.3, 0.4) is 0 Å². The Hall–Kier alpha value is -1.10. The van der Waals surface area contributed by atoms with Gasteiger partial charge in [0.05, 0.1) is 13.0 Å². The topological polar surface area (TPSA) is 77.8 Å². The second-order valence-electron chi connectivity index (χ2n) is 4.50. The molecule has 0 unspecified atom stereocenters. The number of nitrogens with zero attached hydrogens (tertiary/aromatic N) is 1. The van der Waals surface area contributed by atoms with Crippen molar-refractivity contribution in [3.8, 4) is 0 Å². The van der Waals surface area contributed by atoms with Gasteiger partial charge in [-0.25, -0.2) is 0 Å². The highest BCUT2D eigenvalue weighted by Gasteiger charge is 2.24. The van der Waals surface area contributed by atoms with Crippen molar-refractivity contribution in [1.29, 1.82) is 0 Å². The molecule has 0 atom stereocenters. The zero-order chi connectivity index (χ0) is 12.7. The number of hydrogen-bond donors (Lipinski definition) is 2. The SMILES string of the molecule is O=C(O)CCC(=O)N(CCO)C1CCCCC1. The van der Waals surface area contributed by atoms with Crippen molar-refractivity contribution >= 4 is 11.9 Å². The lowest BCUT2D eigenvalue weighted by atomic mass is 9.94. The van der Waals surface area contributed by atoms with Crippen LogP contribution in [-0.4, -0.2) is 46.2 Å². The monoisotopic (exact) mass is 243 g/mol. The Morgan fingerprint density at radius 3 is 2.29 bits per heavy atom. The number of rotatable bonds is 6. The Morgan fingerprint density at radius 1 is 1.12 bits per heavy atom. The van der Waals surface area contributed by atoms with Crippen LogP contribution in [0.15, 0.2) is 0 Å². The number of carboxylic acid groups (broad SMARTS) is 1. The molecule has 0 saturated heterocycles. The van der Waals surface area contributed by atoms with Gasteiger partial charge in [-0.05, 0) is 12.8 Å². The average molecular weight is 243 g/mol. The molecular weight excluding hydrogens is 222 g/mol. The standard InChI is InChI=1S/C12H21NO4/c14-9-8-13(10-4-2-1-3-5-10)11(15)6-7-12(16)17/h10,14H,1-9H2,(H,16,17). The lowest BCUT2D eigenvalue weighted by molar-refractivity contribution is -0.142. The normalized spacial score (nSPS) is 16.8. The van der Waals surface area contributed by atoms with E-state index in [4.69, 9.17) is 10.2 Å². The van der Waals surface area contributed by atoms with Crippen LogP contribution in [0.1, 0.15) is 44.9 Å². The van der Waals surface area contributed by atoms with Gasteiger partial charge in [-0.1, -0.05) is 19.3 Å². The highest BCUT2D eigenvalue weighted by atomic mass is 16.4. The first-order valence-electron chi connectivity index (χ1n) is 6.27. The van der Waals surface area contributed by atoms with Gasteiger partial charge in [0.2, 0.25) is 5.91 Å². The number of aliphatic hydroxyl groups excluding tert-OH is 1. The molecule has 1 saturated carbocycles.